The van der Waals surface area contributed by atoms with Crippen LogP contribution >= 0.6 is 0 Å². The van der Waals surface area contributed by atoms with Crippen LogP contribution in [0, 0.1) is 0 Å². The van der Waals surface area contributed by atoms with Crippen molar-refractivity contribution in [2.75, 3.05) is 0 Å². The normalized spacial score (nSPS) is 11.7. The number of benzene rings is 9. The lowest BCUT2D eigenvalue weighted by Crippen LogP contribution is -1.97. The van der Waals surface area contributed by atoms with Gasteiger partial charge in [-0.05, 0) is 91.2 Å². The smallest absolute Gasteiger partial charge is 0.160 e. The van der Waals surface area contributed by atoms with Crippen molar-refractivity contribution < 1.29 is 4.42 Å². The van der Waals surface area contributed by atoms with Crippen molar-refractivity contribution in [3.05, 3.63) is 206 Å². The highest BCUT2D eigenvalue weighted by Gasteiger charge is 2.24. The van der Waals surface area contributed by atoms with E-state index < -0.39 is 0 Å². The minimum Gasteiger partial charge on any atom is -0.455 e. The van der Waals surface area contributed by atoms with E-state index in [-0.39, 0.29) is 0 Å². The van der Waals surface area contributed by atoms with Gasteiger partial charge in [0.15, 0.2) is 5.82 Å². The van der Waals surface area contributed by atoms with Crippen molar-refractivity contribution in [1.82, 2.24) is 9.97 Å². The quantitative estimate of drug-likeness (QED) is 0.170. The number of para-hydroxylation sites is 2. The lowest BCUT2D eigenvalue weighted by molar-refractivity contribution is 0.670. The molecule has 0 atom stereocenters. The third-order valence-electron chi connectivity index (χ3n) is 11.8. The van der Waals surface area contributed by atoms with Crippen LogP contribution in [0.2, 0.25) is 0 Å². The lowest BCUT2D eigenvalue weighted by atomic mass is 9.87. The summed E-state index contributed by atoms with van der Waals surface area (Å²) in [6.07, 6.45) is 0. The van der Waals surface area contributed by atoms with Gasteiger partial charge in [-0.2, -0.15) is 0 Å². The molecule has 11 aromatic rings. The second-order valence-corrected chi connectivity index (χ2v) is 15.3. The third-order valence-corrected chi connectivity index (χ3v) is 11.8. The Morgan fingerprint density at radius 2 is 0.780 bits per heavy atom. The van der Waals surface area contributed by atoms with E-state index in [9.17, 15) is 0 Å². The van der Waals surface area contributed by atoms with Gasteiger partial charge < -0.3 is 4.42 Å². The second kappa shape index (κ2) is 13.4. The minimum absolute atomic E-state index is 0.683. The summed E-state index contributed by atoms with van der Waals surface area (Å²) in [4.78, 5) is 10.4. The predicted molar refractivity (Wildman–Crippen MR) is 244 cm³/mol. The number of furan rings is 1. The Hall–Kier alpha value is -7.88. The fraction of sp³-hybridized carbons (Fsp3) is 0. The molecule has 0 amide bonds. The zero-order chi connectivity index (χ0) is 38.9. The summed E-state index contributed by atoms with van der Waals surface area (Å²) in [5, 5.41) is 4.77. The van der Waals surface area contributed by atoms with Crippen molar-refractivity contribution in [1.29, 1.82) is 0 Å². The van der Waals surface area contributed by atoms with Crippen LogP contribution in [0.3, 0.4) is 0 Å². The van der Waals surface area contributed by atoms with Gasteiger partial charge in [0.1, 0.15) is 11.2 Å². The minimum atomic E-state index is 0.683. The van der Waals surface area contributed by atoms with Gasteiger partial charge in [-0.25, -0.2) is 9.97 Å². The molecule has 0 spiro atoms. The molecule has 3 heteroatoms. The Morgan fingerprint density at radius 1 is 0.288 bits per heavy atom. The maximum atomic E-state index is 6.65. The molecule has 3 nitrogen and oxygen atoms in total. The Balaban J connectivity index is 1.11. The number of fused-ring (bicyclic) bond motifs is 6. The predicted octanol–water partition coefficient (Wildman–Crippen LogP) is 15.2. The highest BCUT2D eigenvalue weighted by molar-refractivity contribution is 6.19. The summed E-state index contributed by atoms with van der Waals surface area (Å²) >= 11 is 0. The van der Waals surface area contributed by atoms with Crippen molar-refractivity contribution in [3.8, 4) is 89.5 Å². The number of hydrogen-bond donors (Lipinski definition) is 0. The third kappa shape index (κ3) is 5.44. The molecule has 0 unspecified atom stereocenters. The van der Waals surface area contributed by atoms with Crippen LogP contribution in [0.25, 0.3) is 122 Å². The van der Waals surface area contributed by atoms with Gasteiger partial charge in [-0.15, -0.1) is 0 Å². The standard InChI is InChI=1S/C56H34N2O/c1-3-15-35(16-4-1)51-34-52(58-56(57-51)36-17-5-2-6-18-36)39-32-37(31-38(33-39)41-24-13-27-50-46-23-11-12-28-53(46)59-55(41)50)40-19-7-8-20-42(40)45-29-30-49-44-22-10-9-21-43(44)47-25-14-26-48(45)54(47)49/h1-34H. The van der Waals surface area contributed by atoms with Gasteiger partial charge >= 0.3 is 0 Å². The molecule has 1 aliphatic rings. The number of nitrogens with zero attached hydrogens (tertiary/aromatic N) is 2. The fourth-order valence-electron chi connectivity index (χ4n) is 9.14. The average Bonchev–Trinajstić information content (AvgIpc) is 3.86. The van der Waals surface area contributed by atoms with Crippen LogP contribution < -0.4 is 0 Å². The molecule has 2 aromatic heterocycles. The van der Waals surface area contributed by atoms with Crippen LogP contribution in [0.15, 0.2) is 211 Å². The van der Waals surface area contributed by atoms with E-state index >= 15 is 0 Å². The molecule has 59 heavy (non-hydrogen) atoms. The second-order valence-electron chi connectivity index (χ2n) is 15.3. The molecular weight excluding hydrogens is 717 g/mol. The lowest BCUT2D eigenvalue weighted by Gasteiger charge is -2.17. The highest BCUT2D eigenvalue weighted by Crippen LogP contribution is 2.50. The van der Waals surface area contributed by atoms with Gasteiger partial charge in [-0.1, -0.05) is 176 Å². The fourth-order valence-corrected chi connectivity index (χ4v) is 9.14. The van der Waals surface area contributed by atoms with E-state index in [4.69, 9.17) is 14.4 Å². The summed E-state index contributed by atoms with van der Waals surface area (Å²) in [5.41, 5.74) is 18.3. The highest BCUT2D eigenvalue weighted by atomic mass is 16.3. The zero-order valence-corrected chi connectivity index (χ0v) is 31.9. The SMILES string of the molecule is c1ccc(-c2cc(-c3cc(-c4ccccc4-c4ccc5c6c(cccc46)-c4ccccc4-5)cc(-c4cccc5c4oc4ccccc45)c3)nc(-c3ccccc3)n2)cc1. The summed E-state index contributed by atoms with van der Waals surface area (Å²) in [7, 11) is 0. The molecule has 0 saturated heterocycles. The van der Waals surface area contributed by atoms with Crippen molar-refractivity contribution in [2.45, 2.75) is 0 Å². The molecular formula is C56H34N2O. The topological polar surface area (TPSA) is 38.9 Å². The molecule has 1 aliphatic carbocycles. The zero-order valence-electron chi connectivity index (χ0n) is 31.9. The van der Waals surface area contributed by atoms with Crippen LogP contribution in [-0.2, 0) is 0 Å². The van der Waals surface area contributed by atoms with E-state index in [1.165, 1.54) is 44.2 Å². The first kappa shape index (κ1) is 33.3. The number of aromatic nitrogens is 2. The molecule has 12 rings (SSSR count). The van der Waals surface area contributed by atoms with Crippen LogP contribution in [0.5, 0.6) is 0 Å². The summed E-state index contributed by atoms with van der Waals surface area (Å²) in [5.74, 6) is 0.683. The molecule has 274 valence electrons. The van der Waals surface area contributed by atoms with Gasteiger partial charge in [0.25, 0.3) is 0 Å². The molecule has 2 heterocycles. The van der Waals surface area contributed by atoms with E-state index in [1.807, 2.05) is 36.4 Å². The Morgan fingerprint density at radius 3 is 1.53 bits per heavy atom. The van der Waals surface area contributed by atoms with Crippen molar-refractivity contribution in [2.24, 2.45) is 0 Å². The molecule has 0 bridgehead atoms. The monoisotopic (exact) mass is 750 g/mol. The van der Waals surface area contributed by atoms with Crippen LogP contribution in [0.1, 0.15) is 0 Å². The summed E-state index contributed by atoms with van der Waals surface area (Å²) < 4.78 is 6.65. The Labute approximate surface area is 341 Å². The summed E-state index contributed by atoms with van der Waals surface area (Å²) in [6, 6.07) is 73.3. The molecule has 9 aromatic carbocycles. The van der Waals surface area contributed by atoms with Gasteiger partial charge in [-0.3, -0.25) is 0 Å². The number of rotatable bonds is 6. The van der Waals surface area contributed by atoms with E-state index in [2.05, 4.69) is 170 Å². The van der Waals surface area contributed by atoms with Crippen LogP contribution in [0.4, 0.5) is 0 Å². The largest absolute Gasteiger partial charge is 0.455 e. The van der Waals surface area contributed by atoms with Gasteiger partial charge in [0.2, 0.25) is 0 Å². The van der Waals surface area contributed by atoms with Crippen LogP contribution in [-0.4, -0.2) is 9.97 Å². The molecule has 0 saturated carbocycles. The van der Waals surface area contributed by atoms with E-state index in [0.29, 0.717) is 5.82 Å². The number of hydrogen-bond acceptors (Lipinski definition) is 3. The van der Waals surface area contributed by atoms with E-state index in [0.717, 1.165) is 72.3 Å². The molecule has 0 fully saturated rings. The first-order valence-corrected chi connectivity index (χ1v) is 20.1. The Bertz CT molecular complexity index is 3350. The average molecular weight is 751 g/mol. The molecule has 0 radical (unpaired) electrons. The maximum Gasteiger partial charge on any atom is 0.160 e. The maximum absolute atomic E-state index is 6.65. The Kier molecular flexibility index (Phi) is 7.54. The van der Waals surface area contributed by atoms with Crippen molar-refractivity contribution in [3.63, 3.8) is 0 Å². The van der Waals surface area contributed by atoms with Gasteiger partial charge in [0.05, 0.1) is 11.4 Å². The molecule has 0 N–H and O–H groups in total. The van der Waals surface area contributed by atoms with Gasteiger partial charge in [0, 0.05) is 33.0 Å². The first-order chi connectivity index (χ1) is 29.2. The first-order valence-electron chi connectivity index (χ1n) is 20.1. The van der Waals surface area contributed by atoms with E-state index in [1.54, 1.807) is 0 Å². The van der Waals surface area contributed by atoms with Crippen molar-refractivity contribution >= 4 is 32.7 Å². The summed E-state index contributed by atoms with van der Waals surface area (Å²) in [6.45, 7) is 0. The molecule has 0 aliphatic heterocycles.